The van der Waals surface area contributed by atoms with E-state index < -0.39 is 18.0 Å². The number of alkyl halides is 3. The molecule has 1 atom stereocenters. The van der Waals surface area contributed by atoms with Gasteiger partial charge in [-0.3, -0.25) is 9.59 Å². The SMILES string of the molecule is CC(=O)c1ccc(C(=O)N2CCCC(C(F)(F)F)C2)cc1. The monoisotopic (exact) mass is 299 g/mol. The molecule has 1 saturated heterocycles. The predicted molar refractivity (Wildman–Crippen MR) is 71.1 cm³/mol. The number of ketones is 1. The molecule has 1 fully saturated rings. The van der Waals surface area contributed by atoms with Crippen molar-refractivity contribution in [3.05, 3.63) is 35.4 Å². The van der Waals surface area contributed by atoms with Gasteiger partial charge in [-0.15, -0.1) is 0 Å². The lowest BCUT2D eigenvalue weighted by Crippen LogP contribution is -2.44. The van der Waals surface area contributed by atoms with Gasteiger partial charge in [-0.25, -0.2) is 0 Å². The Kier molecular flexibility index (Phi) is 4.34. The van der Waals surface area contributed by atoms with E-state index in [1.165, 1.54) is 36.1 Å². The summed E-state index contributed by atoms with van der Waals surface area (Å²) in [5.74, 6) is -1.99. The molecule has 0 aliphatic carbocycles. The summed E-state index contributed by atoms with van der Waals surface area (Å²) < 4.78 is 38.2. The van der Waals surface area contributed by atoms with Crippen LogP contribution in [0.15, 0.2) is 24.3 Å². The third kappa shape index (κ3) is 3.62. The summed E-state index contributed by atoms with van der Waals surface area (Å²) in [6.45, 7) is 1.45. The molecular formula is C15H16F3NO2. The molecule has 2 rings (SSSR count). The first-order valence-electron chi connectivity index (χ1n) is 6.76. The lowest BCUT2D eigenvalue weighted by molar-refractivity contribution is -0.184. The molecule has 1 aliphatic rings. The number of carbonyl (C=O) groups excluding carboxylic acids is 2. The minimum absolute atomic E-state index is 0.0660. The molecule has 1 heterocycles. The predicted octanol–water partition coefficient (Wildman–Crippen LogP) is 3.30. The maximum Gasteiger partial charge on any atom is 0.393 e. The van der Waals surface area contributed by atoms with E-state index in [1.807, 2.05) is 0 Å². The van der Waals surface area contributed by atoms with Gasteiger partial charge in [0.1, 0.15) is 0 Å². The van der Waals surface area contributed by atoms with Gasteiger partial charge in [0.15, 0.2) is 5.78 Å². The van der Waals surface area contributed by atoms with Gasteiger partial charge in [0.25, 0.3) is 5.91 Å². The number of nitrogens with zero attached hydrogens (tertiary/aromatic N) is 1. The Morgan fingerprint density at radius 3 is 2.24 bits per heavy atom. The Morgan fingerprint density at radius 1 is 1.14 bits per heavy atom. The fourth-order valence-electron chi connectivity index (χ4n) is 2.46. The van der Waals surface area contributed by atoms with Crippen LogP contribution in [0.4, 0.5) is 13.2 Å². The van der Waals surface area contributed by atoms with Crippen molar-refractivity contribution < 1.29 is 22.8 Å². The summed E-state index contributed by atoms with van der Waals surface area (Å²) >= 11 is 0. The summed E-state index contributed by atoms with van der Waals surface area (Å²) in [5, 5.41) is 0. The molecular weight excluding hydrogens is 283 g/mol. The number of amides is 1. The van der Waals surface area contributed by atoms with E-state index in [2.05, 4.69) is 0 Å². The van der Waals surface area contributed by atoms with Crippen molar-refractivity contribution >= 4 is 11.7 Å². The molecule has 0 N–H and O–H groups in total. The van der Waals surface area contributed by atoms with Crippen molar-refractivity contribution in [3.63, 3.8) is 0 Å². The molecule has 1 aromatic rings. The third-order valence-electron chi connectivity index (χ3n) is 3.71. The maximum absolute atomic E-state index is 12.7. The molecule has 0 aromatic heterocycles. The lowest BCUT2D eigenvalue weighted by Gasteiger charge is -2.33. The standard InChI is InChI=1S/C15H16F3NO2/c1-10(20)11-4-6-12(7-5-11)14(21)19-8-2-3-13(9-19)15(16,17)18/h4-7,13H,2-3,8-9H2,1H3. The Hall–Kier alpha value is -1.85. The van der Waals surface area contributed by atoms with E-state index in [-0.39, 0.29) is 18.7 Å². The minimum Gasteiger partial charge on any atom is -0.338 e. The van der Waals surface area contributed by atoms with E-state index in [4.69, 9.17) is 0 Å². The number of carbonyl (C=O) groups is 2. The molecule has 1 amide bonds. The number of benzene rings is 1. The van der Waals surface area contributed by atoms with Gasteiger partial charge in [0.05, 0.1) is 5.92 Å². The number of halogens is 3. The van der Waals surface area contributed by atoms with E-state index in [0.717, 1.165) is 0 Å². The molecule has 0 saturated carbocycles. The molecule has 114 valence electrons. The van der Waals surface area contributed by atoms with Crippen LogP contribution in [0.3, 0.4) is 0 Å². The van der Waals surface area contributed by atoms with Gasteiger partial charge in [-0.05, 0) is 31.9 Å². The molecule has 6 heteroatoms. The van der Waals surface area contributed by atoms with Crippen LogP contribution in [-0.4, -0.2) is 35.9 Å². The van der Waals surface area contributed by atoms with E-state index in [9.17, 15) is 22.8 Å². The zero-order chi connectivity index (χ0) is 15.6. The van der Waals surface area contributed by atoms with Crippen molar-refractivity contribution in [2.24, 2.45) is 5.92 Å². The number of likely N-dealkylation sites (tertiary alicyclic amines) is 1. The first-order valence-corrected chi connectivity index (χ1v) is 6.76. The van der Waals surface area contributed by atoms with E-state index in [1.54, 1.807) is 0 Å². The van der Waals surface area contributed by atoms with Crippen LogP contribution in [0.2, 0.25) is 0 Å². The topological polar surface area (TPSA) is 37.4 Å². The number of hydrogen-bond acceptors (Lipinski definition) is 2. The largest absolute Gasteiger partial charge is 0.393 e. The normalized spacial score (nSPS) is 19.4. The minimum atomic E-state index is -4.27. The molecule has 0 bridgehead atoms. The summed E-state index contributed by atoms with van der Waals surface area (Å²) in [6, 6.07) is 5.99. The van der Waals surface area contributed by atoms with Crippen LogP contribution in [-0.2, 0) is 0 Å². The second-order valence-corrected chi connectivity index (χ2v) is 5.27. The Bertz CT molecular complexity index is 537. The van der Waals surface area contributed by atoms with Crippen molar-refractivity contribution in [2.75, 3.05) is 13.1 Å². The lowest BCUT2D eigenvalue weighted by atomic mass is 9.96. The van der Waals surface area contributed by atoms with Crippen LogP contribution in [0.5, 0.6) is 0 Å². The van der Waals surface area contributed by atoms with Gasteiger partial charge < -0.3 is 4.90 Å². The highest BCUT2D eigenvalue weighted by molar-refractivity contribution is 5.97. The van der Waals surface area contributed by atoms with Crippen LogP contribution in [0.1, 0.15) is 40.5 Å². The van der Waals surface area contributed by atoms with Gasteiger partial charge in [-0.2, -0.15) is 13.2 Å². The summed E-state index contributed by atoms with van der Waals surface area (Å²) in [4.78, 5) is 24.6. The van der Waals surface area contributed by atoms with Crippen LogP contribution < -0.4 is 0 Å². The molecule has 21 heavy (non-hydrogen) atoms. The highest BCUT2D eigenvalue weighted by Crippen LogP contribution is 2.33. The van der Waals surface area contributed by atoms with Crippen LogP contribution >= 0.6 is 0 Å². The van der Waals surface area contributed by atoms with Crippen LogP contribution in [0, 0.1) is 5.92 Å². The molecule has 1 aliphatic heterocycles. The van der Waals surface area contributed by atoms with Crippen molar-refractivity contribution in [3.8, 4) is 0 Å². The Balaban J connectivity index is 2.10. The Morgan fingerprint density at radius 2 is 1.71 bits per heavy atom. The average molecular weight is 299 g/mol. The second-order valence-electron chi connectivity index (χ2n) is 5.27. The fourth-order valence-corrected chi connectivity index (χ4v) is 2.46. The zero-order valence-electron chi connectivity index (χ0n) is 11.6. The number of Topliss-reactive ketones (excluding diaryl/α,β-unsaturated/α-hetero) is 1. The van der Waals surface area contributed by atoms with Crippen molar-refractivity contribution in [2.45, 2.75) is 25.9 Å². The number of rotatable bonds is 2. The van der Waals surface area contributed by atoms with Gasteiger partial charge in [-0.1, -0.05) is 12.1 Å². The second kappa shape index (κ2) is 5.87. The molecule has 0 spiro atoms. The van der Waals surface area contributed by atoms with Crippen molar-refractivity contribution in [1.29, 1.82) is 0 Å². The molecule has 0 radical (unpaired) electrons. The highest BCUT2D eigenvalue weighted by Gasteiger charge is 2.42. The van der Waals surface area contributed by atoms with Crippen LogP contribution in [0.25, 0.3) is 0 Å². The van der Waals surface area contributed by atoms with Gasteiger partial charge in [0, 0.05) is 24.2 Å². The van der Waals surface area contributed by atoms with E-state index >= 15 is 0 Å². The smallest absolute Gasteiger partial charge is 0.338 e. The summed E-state index contributed by atoms with van der Waals surface area (Å²) in [7, 11) is 0. The number of hydrogen-bond donors (Lipinski definition) is 0. The van der Waals surface area contributed by atoms with Crippen molar-refractivity contribution in [1.82, 2.24) is 4.90 Å². The highest BCUT2D eigenvalue weighted by atomic mass is 19.4. The maximum atomic E-state index is 12.7. The fraction of sp³-hybridized carbons (Fsp3) is 0.467. The average Bonchev–Trinajstić information content (AvgIpc) is 2.46. The van der Waals surface area contributed by atoms with Gasteiger partial charge in [0.2, 0.25) is 0 Å². The quantitative estimate of drug-likeness (QED) is 0.786. The summed E-state index contributed by atoms with van der Waals surface area (Å²) in [5.41, 5.74) is 0.779. The zero-order valence-corrected chi connectivity index (χ0v) is 11.6. The third-order valence-corrected chi connectivity index (χ3v) is 3.71. The summed E-state index contributed by atoms with van der Waals surface area (Å²) in [6.07, 6.45) is -3.85. The van der Waals surface area contributed by atoms with Gasteiger partial charge >= 0.3 is 6.18 Å². The number of piperidine rings is 1. The molecule has 1 unspecified atom stereocenters. The molecule has 1 aromatic carbocycles. The first-order chi connectivity index (χ1) is 9.79. The molecule has 3 nitrogen and oxygen atoms in total. The Labute approximate surface area is 120 Å². The first kappa shape index (κ1) is 15.5. The van der Waals surface area contributed by atoms with E-state index in [0.29, 0.717) is 24.1 Å².